The van der Waals surface area contributed by atoms with Gasteiger partial charge >= 0.3 is 0 Å². The third-order valence-electron chi connectivity index (χ3n) is 3.93. The fraction of sp³-hybridized carbons (Fsp3) is 0.381. The van der Waals surface area contributed by atoms with Crippen LogP contribution in [-0.2, 0) is 5.41 Å². The lowest BCUT2D eigenvalue weighted by Crippen LogP contribution is -2.18. The molecule has 0 atom stereocenters. The second-order valence-electron chi connectivity index (χ2n) is 7.09. The lowest BCUT2D eigenvalue weighted by Gasteiger charge is -2.23. The van der Waals surface area contributed by atoms with Crippen LogP contribution < -0.4 is 14.8 Å². The van der Waals surface area contributed by atoms with E-state index in [1.807, 2.05) is 31.2 Å². The minimum atomic E-state index is -0.192. The highest BCUT2D eigenvalue weighted by molar-refractivity contribution is 9.10. The van der Waals surface area contributed by atoms with Crippen LogP contribution in [-0.4, -0.2) is 19.6 Å². The van der Waals surface area contributed by atoms with E-state index in [-0.39, 0.29) is 11.3 Å². The van der Waals surface area contributed by atoms with Gasteiger partial charge in [0.2, 0.25) is 0 Å². The lowest BCUT2D eigenvalue weighted by atomic mass is 9.86. The number of carbonyl (C=O) groups excluding carboxylic acids is 1. The van der Waals surface area contributed by atoms with Crippen LogP contribution in [0.15, 0.2) is 40.9 Å². The van der Waals surface area contributed by atoms with Crippen molar-refractivity contribution in [1.82, 2.24) is 0 Å². The number of amides is 1. The molecule has 1 N–H and O–H groups in total. The lowest BCUT2D eigenvalue weighted by molar-refractivity contribution is 0.102. The molecule has 0 aliphatic heterocycles. The van der Waals surface area contributed by atoms with Crippen molar-refractivity contribution in [3.8, 4) is 11.5 Å². The number of para-hydroxylation sites is 1. The van der Waals surface area contributed by atoms with Crippen molar-refractivity contribution in [2.24, 2.45) is 0 Å². The van der Waals surface area contributed by atoms with Gasteiger partial charge in [-0.25, -0.2) is 0 Å². The molecule has 26 heavy (non-hydrogen) atoms. The molecule has 0 heterocycles. The van der Waals surface area contributed by atoms with Gasteiger partial charge in [0, 0.05) is 11.3 Å². The standard InChI is InChI=1S/C21H26BrNO3/c1-6-11-26-19-16(22)12-14(13-18(19)25-5)20(24)23-17-10-8-7-9-15(17)21(2,3)4/h7-10,12-13H,6,11H2,1-5H3,(H,23,24). The van der Waals surface area contributed by atoms with Crippen LogP contribution in [0.25, 0.3) is 0 Å². The first-order valence-electron chi connectivity index (χ1n) is 8.69. The van der Waals surface area contributed by atoms with Gasteiger partial charge in [-0.1, -0.05) is 45.9 Å². The molecule has 0 unspecified atom stereocenters. The van der Waals surface area contributed by atoms with Crippen LogP contribution >= 0.6 is 15.9 Å². The Morgan fingerprint density at radius 2 is 1.88 bits per heavy atom. The second-order valence-corrected chi connectivity index (χ2v) is 7.94. The second kappa shape index (κ2) is 8.58. The Balaban J connectivity index is 2.33. The summed E-state index contributed by atoms with van der Waals surface area (Å²) in [6, 6.07) is 11.3. The van der Waals surface area contributed by atoms with E-state index in [0.717, 1.165) is 17.7 Å². The van der Waals surface area contributed by atoms with Gasteiger partial charge < -0.3 is 14.8 Å². The summed E-state index contributed by atoms with van der Waals surface area (Å²) in [5.41, 5.74) is 2.33. The minimum Gasteiger partial charge on any atom is -0.493 e. The molecule has 0 aliphatic carbocycles. The largest absolute Gasteiger partial charge is 0.493 e. The first kappa shape index (κ1) is 20.3. The Hall–Kier alpha value is -2.01. The highest BCUT2D eigenvalue weighted by atomic mass is 79.9. The van der Waals surface area contributed by atoms with Gasteiger partial charge in [0.1, 0.15) is 0 Å². The monoisotopic (exact) mass is 419 g/mol. The molecule has 0 spiro atoms. The van der Waals surface area contributed by atoms with Crippen molar-refractivity contribution in [3.05, 3.63) is 52.0 Å². The summed E-state index contributed by atoms with van der Waals surface area (Å²) < 4.78 is 11.8. The molecule has 1 amide bonds. The van der Waals surface area contributed by atoms with Crippen molar-refractivity contribution < 1.29 is 14.3 Å². The number of ether oxygens (including phenoxy) is 2. The number of anilines is 1. The highest BCUT2D eigenvalue weighted by Crippen LogP contribution is 2.37. The van der Waals surface area contributed by atoms with E-state index in [9.17, 15) is 4.79 Å². The average molecular weight is 420 g/mol. The number of methoxy groups -OCH3 is 1. The highest BCUT2D eigenvalue weighted by Gasteiger charge is 2.20. The predicted molar refractivity (Wildman–Crippen MR) is 110 cm³/mol. The van der Waals surface area contributed by atoms with Crippen LogP contribution in [0.4, 0.5) is 5.69 Å². The van der Waals surface area contributed by atoms with Gasteiger partial charge in [-0.15, -0.1) is 0 Å². The number of rotatable bonds is 6. The number of benzene rings is 2. The van der Waals surface area contributed by atoms with Crippen molar-refractivity contribution >= 4 is 27.5 Å². The van der Waals surface area contributed by atoms with E-state index in [4.69, 9.17) is 9.47 Å². The van der Waals surface area contributed by atoms with Crippen LogP contribution in [0, 0.1) is 0 Å². The predicted octanol–water partition coefficient (Wildman–Crippen LogP) is 5.80. The Kier molecular flexibility index (Phi) is 6.70. The van der Waals surface area contributed by atoms with Crippen LogP contribution in [0.2, 0.25) is 0 Å². The molecule has 0 aromatic heterocycles. The van der Waals surface area contributed by atoms with E-state index < -0.39 is 0 Å². The van der Waals surface area contributed by atoms with E-state index in [1.54, 1.807) is 19.2 Å². The zero-order chi connectivity index (χ0) is 19.3. The molecule has 0 aliphatic rings. The first-order valence-corrected chi connectivity index (χ1v) is 9.48. The fourth-order valence-corrected chi connectivity index (χ4v) is 3.19. The molecule has 5 heteroatoms. The van der Waals surface area contributed by atoms with E-state index in [0.29, 0.717) is 28.1 Å². The van der Waals surface area contributed by atoms with Gasteiger partial charge in [-0.2, -0.15) is 0 Å². The van der Waals surface area contributed by atoms with Crippen LogP contribution in [0.5, 0.6) is 11.5 Å². The number of halogens is 1. The molecule has 0 bridgehead atoms. The maximum Gasteiger partial charge on any atom is 0.255 e. The molecule has 140 valence electrons. The number of hydrogen-bond acceptors (Lipinski definition) is 3. The Morgan fingerprint density at radius 1 is 1.19 bits per heavy atom. The summed E-state index contributed by atoms with van der Waals surface area (Å²) in [6.45, 7) is 8.99. The van der Waals surface area contributed by atoms with Crippen molar-refractivity contribution in [3.63, 3.8) is 0 Å². The molecule has 0 radical (unpaired) electrons. The number of carbonyl (C=O) groups is 1. The van der Waals surface area contributed by atoms with Crippen molar-refractivity contribution in [2.75, 3.05) is 19.0 Å². The summed E-state index contributed by atoms with van der Waals surface area (Å²) >= 11 is 3.48. The molecule has 2 aromatic carbocycles. The number of nitrogens with one attached hydrogen (secondary N) is 1. The number of hydrogen-bond donors (Lipinski definition) is 1. The first-order chi connectivity index (χ1) is 12.3. The SMILES string of the molecule is CCCOc1c(Br)cc(C(=O)Nc2ccccc2C(C)(C)C)cc1OC. The van der Waals surface area contributed by atoms with Gasteiger partial charge in [0.05, 0.1) is 18.2 Å². The van der Waals surface area contributed by atoms with Crippen molar-refractivity contribution in [1.29, 1.82) is 0 Å². The normalized spacial score (nSPS) is 11.2. The summed E-state index contributed by atoms with van der Waals surface area (Å²) in [6.07, 6.45) is 0.890. The zero-order valence-electron chi connectivity index (χ0n) is 16.0. The third kappa shape index (κ3) is 4.79. The van der Waals surface area contributed by atoms with Crippen molar-refractivity contribution in [2.45, 2.75) is 39.5 Å². The maximum absolute atomic E-state index is 12.8. The smallest absolute Gasteiger partial charge is 0.255 e. The molecular weight excluding hydrogens is 394 g/mol. The van der Waals surface area contributed by atoms with Gasteiger partial charge in [0.15, 0.2) is 11.5 Å². The summed E-state index contributed by atoms with van der Waals surface area (Å²) in [7, 11) is 1.57. The van der Waals surface area contributed by atoms with E-state index >= 15 is 0 Å². The molecule has 2 aromatic rings. The Bertz CT molecular complexity index is 781. The van der Waals surface area contributed by atoms with Crippen LogP contribution in [0.3, 0.4) is 0 Å². The Labute approximate surface area is 164 Å². The summed E-state index contributed by atoms with van der Waals surface area (Å²) in [4.78, 5) is 12.8. The molecular formula is C21H26BrNO3. The van der Waals surface area contributed by atoms with Gasteiger partial charge in [0.25, 0.3) is 5.91 Å². The van der Waals surface area contributed by atoms with Gasteiger partial charge in [-0.3, -0.25) is 4.79 Å². The topological polar surface area (TPSA) is 47.6 Å². The van der Waals surface area contributed by atoms with Gasteiger partial charge in [-0.05, 0) is 51.5 Å². The van der Waals surface area contributed by atoms with E-state index in [1.165, 1.54) is 0 Å². The molecule has 2 rings (SSSR count). The Morgan fingerprint density at radius 3 is 2.50 bits per heavy atom. The average Bonchev–Trinajstić information content (AvgIpc) is 2.59. The van der Waals surface area contributed by atoms with Crippen LogP contribution in [0.1, 0.15) is 50.0 Å². The maximum atomic E-state index is 12.8. The molecule has 0 fully saturated rings. The quantitative estimate of drug-likeness (QED) is 0.643. The summed E-state index contributed by atoms with van der Waals surface area (Å²) in [5.74, 6) is 0.950. The third-order valence-corrected chi connectivity index (χ3v) is 4.51. The minimum absolute atomic E-state index is 0.0694. The fourth-order valence-electron chi connectivity index (χ4n) is 2.64. The van der Waals surface area contributed by atoms with E-state index in [2.05, 4.69) is 42.0 Å². The molecule has 4 nitrogen and oxygen atoms in total. The summed E-state index contributed by atoms with van der Waals surface area (Å²) in [5, 5.41) is 3.02. The molecule has 0 saturated heterocycles. The zero-order valence-corrected chi connectivity index (χ0v) is 17.6. The molecule has 0 saturated carbocycles.